The molecule has 0 amide bonds. The van der Waals surface area contributed by atoms with Gasteiger partial charge < -0.3 is 9.64 Å². The van der Waals surface area contributed by atoms with Crippen molar-refractivity contribution in [2.45, 2.75) is 33.6 Å². The lowest BCUT2D eigenvalue weighted by atomic mass is 9.84. The summed E-state index contributed by atoms with van der Waals surface area (Å²) in [5, 5.41) is 0. The number of likely N-dealkylation sites (N-methyl/N-ethyl adjacent to an activating group) is 1. The van der Waals surface area contributed by atoms with E-state index in [2.05, 4.69) is 106 Å². The molecule has 0 N–H and O–H groups in total. The van der Waals surface area contributed by atoms with Gasteiger partial charge in [0.05, 0.1) is 0 Å². The van der Waals surface area contributed by atoms with Crippen LogP contribution in [0.4, 0.5) is 0 Å². The highest BCUT2D eigenvalue weighted by atomic mass is 16.5. The summed E-state index contributed by atoms with van der Waals surface area (Å²) in [4.78, 5) is 2.26. The molecule has 1 atom stereocenters. The van der Waals surface area contributed by atoms with E-state index in [1.54, 1.807) is 0 Å². The summed E-state index contributed by atoms with van der Waals surface area (Å²) in [5.41, 5.74) is 6.60. The molecule has 1 aliphatic rings. The fourth-order valence-electron chi connectivity index (χ4n) is 3.79. The third kappa shape index (κ3) is 5.73. The van der Waals surface area contributed by atoms with Crippen LogP contribution in [0.3, 0.4) is 0 Å². The molecule has 0 saturated heterocycles. The van der Waals surface area contributed by atoms with Crippen LogP contribution in [0.25, 0.3) is 11.1 Å². The van der Waals surface area contributed by atoms with E-state index < -0.39 is 0 Å². The van der Waals surface area contributed by atoms with Gasteiger partial charge in [-0.3, -0.25) is 0 Å². The number of hydrogen-bond donors (Lipinski definition) is 0. The monoisotopic (exact) mass is 401 g/mol. The van der Waals surface area contributed by atoms with Gasteiger partial charge in [0.15, 0.2) is 0 Å². The number of nitrogens with zero attached hydrogens (tertiary/aromatic N) is 1. The fourth-order valence-corrected chi connectivity index (χ4v) is 3.79. The predicted octanol–water partition coefficient (Wildman–Crippen LogP) is 6.86. The van der Waals surface area contributed by atoms with Gasteiger partial charge in [0.2, 0.25) is 0 Å². The second-order valence-electron chi connectivity index (χ2n) is 8.07. The van der Waals surface area contributed by atoms with E-state index in [0.717, 1.165) is 31.7 Å². The first-order chi connectivity index (χ1) is 14.6. The van der Waals surface area contributed by atoms with Crippen molar-refractivity contribution in [1.82, 2.24) is 4.90 Å². The van der Waals surface area contributed by atoms with Crippen molar-refractivity contribution in [2.75, 3.05) is 26.7 Å². The predicted molar refractivity (Wildman–Crippen MR) is 130 cm³/mol. The van der Waals surface area contributed by atoms with Crippen LogP contribution in [-0.4, -0.2) is 31.6 Å². The summed E-state index contributed by atoms with van der Waals surface area (Å²) >= 11 is 0. The van der Waals surface area contributed by atoms with Crippen LogP contribution in [0.2, 0.25) is 0 Å². The summed E-state index contributed by atoms with van der Waals surface area (Å²) in [6, 6.07) is 19.4. The van der Waals surface area contributed by atoms with Crippen LogP contribution in [-0.2, 0) is 0 Å². The van der Waals surface area contributed by atoms with Gasteiger partial charge in [-0.15, -0.1) is 0 Å². The molecule has 0 fully saturated rings. The van der Waals surface area contributed by atoms with Gasteiger partial charge in [0.1, 0.15) is 12.4 Å². The van der Waals surface area contributed by atoms with E-state index in [9.17, 15) is 0 Å². The third-order valence-electron chi connectivity index (χ3n) is 5.80. The van der Waals surface area contributed by atoms with E-state index in [1.165, 1.54) is 27.8 Å². The lowest BCUT2D eigenvalue weighted by Crippen LogP contribution is -2.23. The number of ether oxygens (including phenoxy) is 1. The van der Waals surface area contributed by atoms with Gasteiger partial charge in [-0.05, 0) is 72.3 Å². The van der Waals surface area contributed by atoms with Crippen molar-refractivity contribution >= 4 is 11.1 Å². The first kappa shape index (κ1) is 22.1. The largest absolute Gasteiger partial charge is 0.492 e. The van der Waals surface area contributed by atoms with Crippen LogP contribution in [0.15, 0.2) is 78.4 Å². The molecule has 3 rings (SSSR count). The molecule has 2 aromatic rings. The average Bonchev–Trinajstić information content (AvgIpc) is 2.79. The molecule has 0 saturated carbocycles. The number of hydrogen-bond acceptors (Lipinski definition) is 2. The summed E-state index contributed by atoms with van der Waals surface area (Å²) in [5.74, 6) is 1.54. The topological polar surface area (TPSA) is 12.5 Å². The Morgan fingerprint density at radius 2 is 1.73 bits per heavy atom. The van der Waals surface area contributed by atoms with Gasteiger partial charge in [-0.1, -0.05) is 81.5 Å². The molecule has 0 radical (unpaired) electrons. The summed E-state index contributed by atoms with van der Waals surface area (Å²) in [7, 11) is 2.12. The SMILES string of the molecule is CC/C(=C(\C1=CCC(C)C=C1)c1ccc(OCCN(C)CC)cc1)c1ccccc1. The van der Waals surface area contributed by atoms with E-state index in [4.69, 9.17) is 4.74 Å². The highest BCUT2D eigenvalue weighted by Crippen LogP contribution is 2.37. The van der Waals surface area contributed by atoms with Crippen LogP contribution in [0, 0.1) is 5.92 Å². The minimum atomic E-state index is 0.605. The molecule has 0 spiro atoms. The van der Waals surface area contributed by atoms with Crippen molar-refractivity contribution in [2.24, 2.45) is 5.92 Å². The Hall–Kier alpha value is -2.58. The molecule has 0 aliphatic heterocycles. The maximum absolute atomic E-state index is 5.96. The molecule has 2 aromatic carbocycles. The number of allylic oxidation sites excluding steroid dienone is 6. The second-order valence-corrected chi connectivity index (χ2v) is 8.07. The molecule has 1 unspecified atom stereocenters. The van der Waals surface area contributed by atoms with E-state index >= 15 is 0 Å². The Morgan fingerprint density at radius 1 is 1.00 bits per heavy atom. The Bertz CT molecular complexity index is 890. The van der Waals surface area contributed by atoms with Crippen LogP contribution in [0.5, 0.6) is 5.75 Å². The zero-order chi connectivity index (χ0) is 21.3. The highest BCUT2D eigenvalue weighted by Gasteiger charge is 2.16. The molecular weight excluding hydrogens is 366 g/mol. The Kier molecular flexibility index (Phi) is 8.10. The summed E-state index contributed by atoms with van der Waals surface area (Å²) < 4.78 is 5.96. The van der Waals surface area contributed by atoms with Gasteiger partial charge in [0.25, 0.3) is 0 Å². The van der Waals surface area contributed by atoms with E-state index in [0.29, 0.717) is 12.5 Å². The Balaban J connectivity index is 1.93. The molecule has 1 aliphatic carbocycles. The fraction of sp³-hybridized carbons (Fsp3) is 0.357. The van der Waals surface area contributed by atoms with Crippen molar-refractivity contribution in [3.8, 4) is 5.75 Å². The second kappa shape index (κ2) is 11.0. The average molecular weight is 402 g/mol. The maximum Gasteiger partial charge on any atom is 0.119 e. The lowest BCUT2D eigenvalue weighted by molar-refractivity contribution is 0.244. The molecule has 158 valence electrons. The van der Waals surface area contributed by atoms with Crippen molar-refractivity contribution in [3.63, 3.8) is 0 Å². The molecule has 30 heavy (non-hydrogen) atoms. The minimum absolute atomic E-state index is 0.605. The maximum atomic E-state index is 5.96. The smallest absolute Gasteiger partial charge is 0.119 e. The van der Waals surface area contributed by atoms with Crippen LogP contribution < -0.4 is 4.74 Å². The third-order valence-corrected chi connectivity index (χ3v) is 5.80. The first-order valence-corrected chi connectivity index (χ1v) is 11.2. The van der Waals surface area contributed by atoms with Gasteiger partial charge in [-0.2, -0.15) is 0 Å². The van der Waals surface area contributed by atoms with Crippen molar-refractivity contribution in [1.29, 1.82) is 0 Å². The molecular formula is C28H35NO. The zero-order valence-electron chi connectivity index (χ0n) is 18.9. The quantitative estimate of drug-likeness (QED) is 0.426. The zero-order valence-corrected chi connectivity index (χ0v) is 18.9. The molecule has 0 heterocycles. The van der Waals surface area contributed by atoms with Gasteiger partial charge in [-0.25, -0.2) is 0 Å². The standard InChI is InChI=1S/C28H35NO/c1-5-27(23-10-8-7-9-11-23)28(24-14-12-22(3)13-15-24)25-16-18-26(19-17-25)30-21-20-29(4)6-2/h7-12,14-19,22H,5-6,13,20-21H2,1-4H3/b28-27-. The van der Waals surface area contributed by atoms with Crippen LogP contribution >= 0.6 is 0 Å². The highest BCUT2D eigenvalue weighted by molar-refractivity contribution is 5.99. The van der Waals surface area contributed by atoms with Crippen molar-refractivity contribution in [3.05, 3.63) is 89.5 Å². The Morgan fingerprint density at radius 3 is 2.33 bits per heavy atom. The lowest BCUT2D eigenvalue weighted by Gasteiger charge is -2.20. The molecule has 0 aromatic heterocycles. The summed E-state index contributed by atoms with van der Waals surface area (Å²) in [6.07, 6.45) is 9.10. The van der Waals surface area contributed by atoms with E-state index in [-0.39, 0.29) is 0 Å². The van der Waals surface area contributed by atoms with E-state index in [1.807, 2.05) is 0 Å². The number of benzene rings is 2. The Labute approximate surface area is 182 Å². The number of rotatable bonds is 9. The van der Waals surface area contributed by atoms with Gasteiger partial charge in [0, 0.05) is 6.54 Å². The molecule has 0 bridgehead atoms. The minimum Gasteiger partial charge on any atom is -0.492 e. The van der Waals surface area contributed by atoms with Crippen molar-refractivity contribution < 1.29 is 4.74 Å². The first-order valence-electron chi connectivity index (χ1n) is 11.2. The molecule has 2 nitrogen and oxygen atoms in total. The summed E-state index contributed by atoms with van der Waals surface area (Å²) in [6.45, 7) is 9.37. The normalized spacial score (nSPS) is 17.0. The molecule has 2 heteroatoms. The van der Waals surface area contributed by atoms with Gasteiger partial charge >= 0.3 is 0 Å². The van der Waals surface area contributed by atoms with Crippen LogP contribution in [0.1, 0.15) is 44.7 Å².